The molecule has 2 aromatic carbocycles. The first kappa shape index (κ1) is 22.8. The summed E-state index contributed by atoms with van der Waals surface area (Å²) in [4.78, 5) is 7.06. The number of nitrogens with zero attached hydrogens (tertiary/aromatic N) is 2. The van der Waals surface area contributed by atoms with Gasteiger partial charge in [0.05, 0.1) is 6.54 Å². The van der Waals surface area contributed by atoms with Crippen LogP contribution in [0.2, 0.25) is 0 Å². The van der Waals surface area contributed by atoms with Crippen LogP contribution in [-0.4, -0.2) is 37.1 Å². The number of halogens is 2. The number of benzene rings is 2. The minimum Gasteiger partial charge on any atom is -0.370 e. The van der Waals surface area contributed by atoms with Crippen LogP contribution in [0.4, 0.5) is 10.1 Å². The molecule has 0 spiro atoms. The molecule has 1 fully saturated rings. The van der Waals surface area contributed by atoms with Gasteiger partial charge in [0.2, 0.25) is 0 Å². The zero-order valence-electron chi connectivity index (χ0n) is 16.2. The summed E-state index contributed by atoms with van der Waals surface area (Å²) in [6.45, 7) is 6.01. The molecule has 1 aliphatic rings. The van der Waals surface area contributed by atoms with E-state index < -0.39 is 0 Å². The van der Waals surface area contributed by atoms with Crippen LogP contribution in [0.25, 0.3) is 0 Å². The van der Waals surface area contributed by atoms with E-state index in [4.69, 9.17) is 0 Å². The predicted octanol–water partition coefficient (Wildman–Crippen LogP) is 4.25. The standard InChI is InChI=1S/C21H27FN4S.HI/c1-2-23-21(25-16-18-5-3-4-6-20(18)22)24-15-17-7-9-19(10-8-17)26-11-13-27-14-12-26;/h3-10H,2,11-16H2,1H3,(H2,23,24,25);1H. The molecule has 1 aliphatic heterocycles. The van der Waals surface area contributed by atoms with Crippen molar-refractivity contribution in [2.24, 2.45) is 4.99 Å². The molecule has 7 heteroatoms. The molecule has 1 saturated heterocycles. The highest BCUT2D eigenvalue weighted by Gasteiger charge is 2.10. The van der Waals surface area contributed by atoms with Gasteiger partial charge in [0.15, 0.2) is 5.96 Å². The number of hydrogen-bond donors (Lipinski definition) is 2. The molecule has 0 atom stereocenters. The van der Waals surface area contributed by atoms with E-state index in [1.54, 1.807) is 12.1 Å². The fourth-order valence-corrected chi connectivity index (χ4v) is 3.87. The molecule has 2 aromatic rings. The summed E-state index contributed by atoms with van der Waals surface area (Å²) in [6, 6.07) is 15.4. The molecule has 0 unspecified atom stereocenters. The number of nitrogens with one attached hydrogen (secondary N) is 2. The lowest BCUT2D eigenvalue weighted by Crippen LogP contribution is -2.37. The molecule has 0 amide bonds. The van der Waals surface area contributed by atoms with Crippen molar-refractivity contribution < 1.29 is 4.39 Å². The van der Waals surface area contributed by atoms with E-state index in [1.165, 1.54) is 23.3 Å². The van der Waals surface area contributed by atoms with Crippen LogP contribution in [0.5, 0.6) is 0 Å². The third kappa shape index (κ3) is 6.84. The maximum Gasteiger partial charge on any atom is 0.191 e. The van der Waals surface area contributed by atoms with Gasteiger partial charge in [-0.05, 0) is 30.7 Å². The predicted molar refractivity (Wildman–Crippen MR) is 129 cm³/mol. The fourth-order valence-electron chi connectivity index (χ4n) is 2.97. The SMILES string of the molecule is CCNC(=NCc1ccc(N2CCSCC2)cc1)NCc1ccccc1F.I. The van der Waals surface area contributed by atoms with Gasteiger partial charge in [-0.25, -0.2) is 9.38 Å². The zero-order chi connectivity index (χ0) is 18.9. The van der Waals surface area contributed by atoms with E-state index in [-0.39, 0.29) is 29.8 Å². The second-order valence-corrected chi connectivity index (χ2v) is 7.63. The molecule has 0 bridgehead atoms. The van der Waals surface area contributed by atoms with Gasteiger partial charge in [0, 0.05) is 48.9 Å². The highest BCUT2D eigenvalue weighted by molar-refractivity contribution is 14.0. The Bertz CT molecular complexity index is 748. The molecule has 2 N–H and O–H groups in total. The summed E-state index contributed by atoms with van der Waals surface area (Å²) in [5.74, 6) is 2.89. The Hall–Kier alpha value is -1.48. The Morgan fingerprint density at radius 3 is 2.46 bits per heavy atom. The van der Waals surface area contributed by atoms with Gasteiger partial charge in [-0.3, -0.25) is 0 Å². The third-order valence-corrected chi connectivity index (χ3v) is 5.42. The molecule has 0 radical (unpaired) electrons. The average Bonchev–Trinajstić information content (AvgIpc) is 2.72. The van der Waals surface area contributed by atoms with Gasteiger partial charge in [-0.2, -0.15) is 11.8 Å². The van der Waals surface area contributed by atoms with Crippen molar-refractivity contribution in [1.82, 2.24) is 10.6 Å². The summed E-state index contributed by atoms with van der Waals surface area (Å²) < 4.78 is 13.8. The Labute approximate surface area is 188 Å². The van der Waals surface area contributed by atoms with Crippen molar-refractivity contribution in [2.75, 3.05) is 36.0 Å². The van der Waals surface area contributed by atoms with Crippen molar-refractivity contribution in [1.29, 1.82) is 0 Å². The first-order valence-electron chi connectivity index (χ1n) is 9.43. The quantitative estimate of drug-likeness (QED) is 0.344. The molecule has 0 aromatic heterocycles. The first-order chi connectivity index (χ1) is 13.3. The van der Waals surface area contributed by atoms with Gasteiger partial charge in [-0.15, -0.1) is 24.0 Å². The number of aliphatic imine (C=N–C) groups is 1. The van der Waals surface area contributed by atoms with Crippen LogP contribution in [-0.2, 0) is 13.1 Å². The molecule has 0 saturated carbocycles. The lowest BCUT2D eigenvalue weighted by Gasteiger charge is -2.28. The van der Waals surface area contributed by atoms with E-state index in [0.29, 0.717) is 24.6 Å². The first-order valence-corrected chi connectivity index (χ1v) is 10.6. The van der Waals surface area contributed by atoms with Crippen LogP contribution in [0.1, 0.15) is 18.1 Å². The smallest absolute Gasteiger partial charge is 0.191 e. The highest BCUT2D eigenvalue weighted by atomic mass is 127. The number of hydrogen-bond acceptors (Lipinski definition) is 3. The Kier molecular flexibility index (Phi) is 9.91. The molecule has 3 rings (SSSR count). The average molecular weight is 514 g/mol. The molecular weight excluding hydrogens is 486 g/mol. The van der Waals surface area contributed by atoms with Crippen molar-refractivity contribution in [2.45, 2.75) is 20.0 Å². The van der Waals surface area contributed by atoms with Gasteiger partial charge in [-0.1, -0.05) is 30.3 Å². The van der Waals surface area contributed by atoms with E-state index in [9.17, 15) is 4.39 Å². The van der Waals surface area contributed by atoms with Crippen molar-refractivity contribution >= 4 is 47.4 Å². The van der Waals surface area contributed by atoms with E-state index in [2.05, 4.69) is 44.8 Å². The summed E-state index contributed by atoms with van der Waals surface area (Å²) in [7, 11) is 0. The molecule has 0 aliphatic carbocycles. The van der Waals surface area contributed by atoms with E-state index in [0.717, 1.165) is 25.2 Å². The zero-order valence-corrected chi connectivity index (χ0v) is 19.3. The second kappa shape index (κ2) is 12.2. The lowest BCUT2D eigenvalue weighted by atomic mass is 10.2. The van der Waals surface area contributed by atoms with Gasteiger partial charge in [0.25, 0.3) is 0 Å². The van der Waals surface area contributed by atoms with Crippen molar-refractivity contribution in [3.8, 4) is 0 Å². The van der Waals surface area contributed by atoms with Crippen LogP contribution in [0.15, 0.2) is 53.5 Å². The summed E-state index contributed by atoms with van der Waals surface area (Å²) in [5.41, 5.74) is 3.08. The molecule has 152 valence electrons. The Morgan fingerprint density at radius 1 is 1.07 bits per heavy atom. The molecule has 28 heavy (non-hydrogen) atoms. The van der Waals surface area contributed by atoms with Gasteiger partial charge in [0.1, 0.15) is 5.82 Å². The van der Waals surface area contributed by atoms with Crippen LogP contribution in [0.3, 0.4) is 0 Å². The summed E-state index contributed by atoms with van der Waals surface area (Å²) in [5, 5.41) is 6.41. The number of guanidine groups is 1. The number of rotatable bonds is 6. The third-order valence-electron chi connectivity index (χ3n) is 4.48. The number of thioether (sulfide) groups is 1. The lowest BCUT2D eigenvalue weighted by molar-refractivity contribution is 0.604. The Morgan fingerprint density at radius 2 is 1.79 bits per heavy atom. The van der Waals surface area contributed by atoms with Gasteiger partial charge >= 0.3 is 0 Å². The van der Waals surface area contributed by atoms with Crippen molar-refractivity contribution in [3.05, 3.63) is 65.5 Å². The largest absolute Gasteiger partial charge is 0.370 e. The van der Waals surface area contributed by atoms with E-state index in [1.807, 2.05) is 24.8 Å². The van der Waals surface area contributed by atoms with Gasteiger partial charge < -0.3 is 15.5 Å². The Balaban J connectivity index is 0.00000280. The maximum atomic E-state index is 13.8. The maximum absolute atomic E-state index is 13.8. The second-order valence-electron chi connectivity index (χ2n) is 6.41. The molecule has 4 nitrogen and oxygen atoms in total. The van der Waals surface area contributed by atoms with Crippen molar-refractivity contribution in [3.63, 3.8) is 0 Å². The normalized spacial score (nSPS) is 14.4. The topological polar surface area (TPSA) is 39.7 Å². The monoisotopic (exact) mass is 514 g/mol. The molecule has 1 heterocycles. The van der Waals surface area contributed by atoms with E-state index >= 15 is 0 Å². The minimum atomic E-state index is -0.201. The molecular formula is C21H28FIN4S. The highest BCUT2D eigenvalue weighted by Crippen LogP contribution is 2.20. The fraction of sp³-hybridized carbons (Fsp3) is 0.381. The summed E-state index contributed by atoms with van der Waals surface area (Å²) >= 11 is 2.02. The number of anilines is 1. The van der Waals surface area contributed by atoms with Crippen LogP contribution in [0, 0.1) is 5.82 Å². The van der Waals surface area contributed by atoms with Crippen LogP contribution >= 0.6 is 35.7 Å². The summed E-state index contributed by atoms with van der Waals surface area (Å²) in [6.07, 6.45) is 0. The van der Waals surface area contributed by atoms with Crippen LogP contribution < -0.4 is 15.5 Å². The minimum absolute atomic E-state index is 0.